The van der Waals surface area contributed by atoms with Crippen molar-refractivity contribution in [3.05, 3.63) is 47.5 Å². The first-order chi connectivity index (χ1) is 9.67. The summed E-state index contributed by atoms with van der Waals surface area (Å²) in [4.78, 5) is 0. The molecule has 3 rings (SSSR count). The van der Waals surface area contributed by atoms with E-state index in [1.165, 1.54) is 7.11 Å². The molecule has 0 saturated carbocycles. The summed E-state index contributed by atoms with van der Waals surface area (Å²) in [5, 5.41) is 19.4. The molecular formula is C16H16O4. The van der Waals surface area contributed by atoms with E-state index < -0.39 is 0 Å². The molecule has 1 unspecified atom stereocenters. The number of aromatic hydroxyl groups is 2. The average molecular weight is 272 g/mol. The minimum atomic E-state index is -0.124. The van der Waals surface area contributed by atoms with Crippen molar-refractivity contribution in [3.8, 4) is 23.0 Å². The fourth-order valence-corrected chi connectivity index (χ4v) is 2.50. The van der Waals surface area contributed by atoms with Crippen molar-refractivity contribution in [2.75, 3.05) is 7.11 Å². The van der Waals surface area contributed by atoms with E-state index in [1.54, 1.807) is 24.3 Å². The quantitative estimate of drug-likeness (QED) is 0.881. The number of rotatable bonds is 2. The van der Waals surface area contributed by atoms with Crippen LogP contribution in [0.15, 0.2) is 36.4 Å². The lowest BCUT2D eigenvalue weighted by atomic mass is 9.97. The van der Waals surface area contributed by atoms with E-state index in [9.17, 15) is 10.2 Å². The standard InChI is InChI=1S/C16H16O4/c1-19-15-7-4-11(8-13(15)18)14-6-3-10-2-5-12(17)9-16(10)20-14/h2,4-5,7-9,14,17-18H,3,6H2,1H3. The molecule has 0 saturated heterocycles. The summed E-state index contributed by atoms with van der Waals surface area (Å²) in [6.45, 7) is 0. The van der Waals surface area contributed by atoms with E-state index in [0.29, 0.717) is 11.5 Å². The lowest BCUT2D eigenvalue weighted by Gasteiger charge is -2.26. The summed E-state index contributed by atoms with van der Waals surface area (Å²) in [5.74, 6) is 1.46. The van der Waals surface area contributed by atoms with Crippen LogP contribution in [0.5, 0.6) is 23.0 Å². The maximum absolute atomic E-state index is 9.84. The zero-order chi connectivity index (χ0) is 14.1. The number of hydrogen-bond acceptors (Lipinski definition) is 4. The lowest BCUT2D eigenvalue weighted by molar-refractivity contribution is 0.175. The number of phenolic OH excluding ortho intramolecular Hbond substituents is 2. The third kappa shape index (κ3) is 2.25. The third-order valence-corrected chi connectivity index (χ3v) is 3.57. The molecule has 20 heavy (non-hydrogen) atoms. The van der Waals surface area contributed by atoms with E-state index in [0.717, 1.165) is 24.0 Å². The SMILES string of the molecule is COc1ccc(C2CCc3ccc(O)cc3O2)cc1O. The molecule has 0 amide bonds. The van der Waals surface area contributed by atoms with Crippen LogP contribution >= 0.6 is 0 Å². The zero-order valence-corrected chi connectivity index (χ0v) is 11.2. The van der Waals surface area contributed by atoms with Gasteiger partial charge in [-0.15, -0.1) is 0 Å². The molecule has 104 valence electrons. The summed E-state index contributed by atoms with van der Waals surface area (Å²) < 4.78 is 11.0. The Morgan fingerprint density at radius 1 is 1.15 bits per heavy atom. The monoisotopic (exact) mass is 272 g/mol. The van der Waals surface area contributed by atoms with Gasteiger partial charge in [-0.25, -0.2) is 0 Å². The molecule has 1 aliphatic rings. The molecule has 2 aromatic rings. The topological polar surface area (TPSA) is 58.9 Å². The average Bonchev–Trinajstić information content (AvgIpc) is 2.46. The minimum absolute atomic E-state index is 0.107. The van der Waals surface area contributed by atoms with Crippen LogP contribution in [0.1, 0.15) is 23.7 Å². The van der Waals surface area contributed by atoms with Crippen LogP contribution in [0, 0.1) is 0 Å². The number of phenols is 2. The largest absolute Gasteiger partial charge is 0.508 e. The summed E-state index contributed by atoms with van der Waals surface area (Å²) >= 11 is 0. The highest BCUT2D eigenvalue weighted by molar-refractivity contribution is 5.45. The van der Waals surface area contributed by atoms with E-state index >= 15 is 0 Å². The smallest absolute Gasteiger partial charge is 0.160 e. The summed E-state index contributed by atoms with van der Waals surface area (Å²) in [6.07, 6.45) is 1.59. The Morgan fingerprint density at radius 3 is 2.75 bits per heavy atom. The molecule has 0 aromatic heterocycles. The van der Waals surface area contributed by atoms with Gasteiger partial charge in [-0.05, 0) is 42.2 Å². The van der Waals surface area contributed by atoms with Crippen molar-refractivity contribution in [1.82, 2.24) is 0 Å². The molecule has 4 nitrogen and oxygen atoms in total. The van der Waals surface area contributed by atoms with Gasteiger partial charge >= 0.3 is 0 Å². The molecular weight excluding hydrogens is 256 g/mol. The Labute approximate surface area is 117 Å². The van der Waals surface area contributed by atoms with Crippen molar-refractivity contribution in [3.63, 3.8) is 0 Å². The highest BCUT2D eigenvalue weighted by Gasteiger charge is 2.22. The molecule has 1 aliphatic heterocycles. The first-order valence-electron chi connectivity index (χ1n) is 6.53. The van der Waals surface area contributed by atoms with Gasteiger partial charge in [0.05, 0.1) is 7.11 Å². The fourth-order valence-electron chi connectivity index (χ4n) is 2.50. The molecule has 1 atom stereocenters. The third-order valence-electron chi connectivity index (χ3n) is 3.57. The first-order valence-corrected chi connectivity index (χ1v) is 6.53. The Kier molecular flexibility index (Phi) is 3.14. The number of benzene rings is 2. The van der Waals surface area contributed by atoms with Gasteiger partial charge in [0, 0.05) is 6.07 Å². The second kappa shape index (κ2) is 4.96. The second-order valence-corrected chi connectivity index (χ2v) is 4.87. The van der Waals surface area contributed by atoms with Crippen LogP contribution in [0.3, 0.4) is 0 Å². The maximum Gasteiger partial charge on any atom is 0.160 e. The van der Waals surface area contributed by atoms with Crippen molar-refractivity contribution in [2.45, 2.75) is 18.9 Å². The van der Waals surface area contributed by atoms with Crippen LogP contribution in [-0.2, 0) is 6.42 Å². The van der Waals surface area contributed by atoms with Crippen molar-refractivity contribution in [2.24, 2.45) is 0 Å². The Hall–Kier alpha value is -2.36. The molecule has 0 spiro atoms. The van der Waals surface area contributed by atoms with Crippen LogP contribution < -0.4 is 9.47 Å². The van der Waals surface area contributed by atoms with Gasteiger partial charge < -0.3 is 19.7 Å². The number of fused-ring (bicyclic) bond motifs is 1. The predicted molar refractivity (Wildman–Crippen MR) is 74.5 cm³/mol. The second-order valence-electron chi connectivity index (χ2n) is 4.87. The normalized spacial score (nSPS) is 17.1. The van der Waals surface area contributed by atoms with Crippen molar-refractivity contribution in [1.29, 1.82) is 0 Å². The van der Waals surface area contributed by atoms with Crippen LogP contribution in [-0.4, -0.2) is 17.3 Å². The Morgan fingerprint density at radius 2 is 2.00 bits per heavy atom. The van der Waals surface area contributed by atoms with Gasteiger partial charge in [0.2, 0.25) is 0 Å². The van der Waals surface area contributed by atoms with Crippen LogP contribution in [0.25, 0.3) is 0 Å². The highest BCUT2D eigenvalue weighted by Crippen LogP contribution is 2.38. The van der Waals surface area contributed by atoms with Crippen molar-refractivity contribution < 1.29 is 19.7 Å². The summed E-state index contributed by atoms with van der Waals surface area (Å²) in [5.41, 5.74) is 1.99. The Bertz CT molecular complexity index is 636. The number of methoxy groups -OCH3 is 1. The zero-order valence-electron chi connectivity index (χ0n) is 11.2. The molecule has 0 bridgehead atoms. The molecule has 1 heterocycles. The van der Waals surface area contributed by atoms with Gasteiger partial charge in [-0.1, -0.05) is 12.1 Å². The summed E-state index contributed by atoms with van der Waals surface area (Å²) in [6, 6.07) is 10.5. The minimum Gasteiger partial charge on any atom is -0.508 e. The van der Waals surface area contributed by atoms with Gasteiger partial charge in [-0.3, -0.25) is 0 Å². The van der Waals surface area contributed by atoms with Gasteiger partial charge in [0.25, 0.3) is 0 Å². The summed E-state index contributed by atoms with van der Waals surface area (Å²) in [7, 11) is 1.52. The Balaban J connectivity index is 1.88. The maximum atomic E-state index is 9.84. The first kappa shape index (κ1) is 12.7. The molecule has 2 aromatic carbocycles. The van der Waals surface area contributed by atoms with E-state index in [-0.39, 0.29) is 17.6 Å². The van der Waals surface area contributed by atoms with Gasteiger partial charge in [-0.2, -0.15) is 0 Å². The molecule has 0 aliphatic carbocycles. The molecule has 0 fully saturated rings. The predicted octanol–water partition coefficient (Wildman–Crippen LogP) is 3.17. The van der Waals surface area contributed by atoms with E-state index in [4.69, 9.17) is 9.47 Å². The molecule has 0 radical (unpaired) electrons. The molecule has 4 heteroatoms. The fraction of sp³-hybridized carbons (Fsp3) is 0.250. The van der Waals surface area contributed by atoms with E-state index in [2.05, 4.69) is 0 Å². The van der Waals surface area contributed by atoms with Crippen LogP contribution in [0.2, 0.25) is 0 Å². The van der Waals surface area contributed by atoms with E-state index in [1.807, 2.05) is 12.1 Å². The van der Waals surface area contributed by atoms with Gasteiger partial charge in [0.15, 0.2) is 11.5 Å². The number of aryl methyl sites for hydroxylation is 1. The van der Waals surface area contributed by atoms with Gasteiger partial charge in [0.1, 0.15) is 17.6 Å². The molecule has 2 N–H and O–H groups in total. The van der Waals surface area contributed by atoms with Crippen LogP contribution in [0.4, 0.5) is 0 Å². The number of hydrogen-bond donors (Lipinski definition) is 2. The van der Waals surface area contributed by atoms with Crippen molar-refractivity contribution >= 4 is 0 Å². The lowest BCUT2D eigenvalue weighted by Crippen LogP contribution is -2.15. The number of ether oxygens (including phenoxy) is 2. The highest BCUT2D eigenvalue weighted by atomic mass is 16.5.